The molecule has 0 unspecified atom stereocenters. The fourth-order valence-corrected chi connectivity index (χ4v) is 1.95. The van der Waals surface area contributed by atoms with Crippen LogP contribution < -0.4 is 5.32 Å². The molecule has 1 aromatic heterocycles. The number of carbonyl (C=O) groups excluding carboxylic acids is 1. The van der Waals surface area contributed by atoms with Gasteiger partial charge in [-0.1, -0.05) is 12.1 Å². The zero-order chi connectivity index (χ0) is 16.2. The van der Waals surface area contributed by atoms with Crippen molar-refractivity contribution in [2.24, 2.45) is 0 Å². The molecule has 1 aromatic carbocycles. The van der Waals surface area contributed by atoms with Crippen LogP contribution in [0.15, 0.2) is 36.9 Å². The molecule has 1 heterocycles. The number of nitrogens with zero attached hydrogens (tertiary/aromatic N) is 3. The van der Waals surface area contributed by atoms with Crippen molar-refractivity contribution < 1.29 is 18.0 Å². The molecule has 2 rings (SSSR count). The molecule has 22 heavy (non-hydrogen) atoms. The Bertz CT molecular complexity index is 625. The molecule has 0 saturated carbocycles. The summed E-state index contributed by atoms with van der Waals surface area (Å²) in [4.78, 5) is 15.6. The Morgan fingerprint density at radius 1 is 1.41 bits per heavy atom. The van der Waals surface area contributed by atoms with Gasteiger partial charge in [-0.15, -0.1) is 0 Å². The highest BCUT2D eigenvalue weighted by molar-refractivity contribution is 5.76. The summed E-state index contributed by atoms with van der Waals surface area (Å²) in [5, 5.41) is 6.53. The lowest BCUT2D eigenvalue weighted by molar-refractivity contribution is -0.137. The summed E-state index contributed by atoms with van der Waals surface area (Å²) in [5.41, 5.74) is -0.322. The monoisotopic (exact) mass is 312 g/mol. The van der Waals surface area contributed by atoms with Crippen molar-refractivity contribution in [2.75, 3.05) is 0 Å². The maximum absolute atomic E-state index is 12.7. The van der Waals surface area contributed by atoms with E-state index in [2.05, 4.69) is 15.4 Å². The summed E-state index contributed by atoms with van der Waals surface area (Å²) in [5.74, 6) is -0.264. The Kier molecular flexibility index (Phi) is 4.79. The molecule has 1 amide bonds. The Balaban J connectivity index is 1.94. The normalized spacial score (nSPS) is 12.9. The van der Waals surface area contributed by atoms with Crippen LogP contribution in [0.5, 0.6) is 0 Å². The number of amides is 1. The summed E-state index contributed by atoms with van der Waals surface area (Å²) in [6.07, 6.45) is -1.37. The molecular weight excluding hydrogens is 297 g/mol. The molecule has 0 fully saturated rings. The number of carbonyl (C=O) groups is 1. The molecule has 0 aliphatic carbocycles. The zero-order valence-corrected chi connectivity index (χ0v) is 11.8. The van der Waals surface area contributed by atoms with Crippen LogP contribution in [-0.4, -0.2) is 20.7 Å². The van der Waals surface area contributed by atoms with E-state index in [-0.39, 0.29) is 12.3 Å². The van der Waals surface area contributed by atoms with Crippen LogP contribution in [0.2, 0.25) is 0 Å². The summed E-state index contributed by atoms with van der Waals surface area (Å²) in [6.45, 7) is 2.00. The van der Waals surface area contributed by atoms with Gasteiger partial charge in [0.25, 0.3) is 0 Å². The van der Waals surface area contributed by atoms with E-state index >= 15 is 0 Å². The van der Waals surface area contributed by atoms with Crippen LogP contribution in [0.3, 0.4) is 0 Å². The van der Waals surface area contributed by atoms with Gasteiger partial charge in [-0.2, -0.15) is 18.3 Å². The molecule has 1 N–H and O–H groups in total. The van der Waals surface area contributed by atoms with Gasteiger partial charge in [0.1, 0.15) is 12.7 Å². The minimum absolute atomic E-state index is 0.173. The largest absolute Gasteiger partial charge is 0.416 e. The first kappa shape index (κ1) is 16.0. The highest BCUT2D eigenvalue weighted by Gasteiger charge is 2.30. The van der Waals surface area contributed by atoms with Gasteiger partial charge in [0.05, 0.1) is 18.2 Å². The maximum atomic E-state index is 12.7. The highest BCUT2D eigenvalue weighted by atomic mass is 19.4. The van der Waals surface area contributed by atoms with Crippen molar-refractivity contribution in [3.05, 3.63) is 48.0 Å². The lowest BCUT2D eigenvalue weighted by atomic mass is 10.0. The smallest absolute Gasteiger partial charge is 0.350 e. The summed E-state index contributed by atoms with van der Waals surface area (Å²) in [6, 6.07) is 4.42. The third-order valence-corrected chi connectivity index (χ3v) is 3.13. The Hall–Kier alpha value is -2.38. The van der Waals surface area contributed by atoms with E-state index in [0.717, 1.165) is 12.1 Å². The van der Waals surface area contributed by atoms with Gasteiger partial charge in [-0.05, 0) is 24.6 Å². The van der Waals surface area contributed by atoms with Gasteiger partial charge < -0.3 is 5.32 Å². The molecule has 0 spiro atoms. The highest BCUT2D eigenvalue weighted by Crippen LogP contribution is 2.30. The first-order chi connectivity index (χ1) is 10.4. The van der Waals surface area contributed by atoms with Crippen molar-refractivity contribution >= 4 is 5.91 Å². The van der Waals surface area contributed by atoms with Crippen molar-refractivity contribution in [3.8, 4) is 0 Å². The SMILES string of the molecule is C[C@H](NC(=O)CCn1cncn1)c1cccc(C(F)(F)F)c1. The second-order valence-electron chi connectivity index (χ2n) is 4.82. The van der Waals surface area contributed by atoms with Crippen LogP contribution in [0.1, 0.15) is 30.5 Å². The predicted octanol–water partition coefficient (Wildman–Crippen LogP) is 2.56. The average molecular weight is 312 g/mol. The average Bonchev–Trinajstić information content (AvgIpc) is 2.97. The summed E-state index contributed by atoms with van der Waals surface area (Å²) >= 11 is 0. The van der Waals surface area contributed by atoms with Crippen LogP contribution in [-0.2, 0) is 17.5 Å². The molecule has 118 valence electrons. The van der Waals surface area contributed by atoms with E-state index < -0.39 is 17.8 Å². The molecule has 1 atom stereocenters. The Labute approximate surface area is 125 Å². The molecule has 0 radical (unpaired) electrons. The van der Waals surface area contributed by atoms with Crippen LogP contribution >= 0.6 is 0 Å². The third-order valence-electron chi connectivity index (χ3n) is 3.13. The second kappa shape index (κ2) is 6.59. The molecule has 0 aliphatic heterocycles. The lowest BCUT2D eigenvalue weighted by Crippen LogP contribution is -2.27. The van der Waals surface area contributed by atoms with Crippen molar-refractivity contribution in [1.82, 2.24) is 20.1 Å². The Morgan fingerprint density at radius 2 is 2.18 bits per heavy atom. The minimum Gasteiger partial charge on any atom is -0.350 e. The number of alkyl halides is 3. The summed E-state index contributed by atoms with van der Waals surface area (Å²) < 4.78 is 39.5. The maximum Gasteiger partial charge on any atom is 0.416 e. The second-order valence-corrected chi connectivity index (χ2v) is 4.82. The van der Waals surface area contributed by atoms with Crippen LogP contribution in [0, 0.1) is 0 Å². The number of rotatable bonds is 5. The van der Waals surface area contributed by atoms with Gasteiger partial charge in [0.15, 0.2) is 0 Å². The fraction of sp³-hybridized carbons (Fsp3) is 0.357. The van der Waals surface area contributed by atoms with Gasteiger partial charge in [0.2, 0.25) is 5.91 Å². The quantitative estimate of drug-likeness (QED) is 0.923. The first-order valence-electron chi connectivity index (χ1n) is 6.65. The number of benzene rings is 1. The topological polar surface area (TPSA) is 59.8 Å². The number of aromatic nitrogens is 3. The molecule has 0 bridgehead atoms. The van der Waals surface area contributed by atoms with E-state index in [4.69, 9.17) is 0 Å². The molecule has 5 nitrogen and oxygen atoms in total. The molecule has 0 aliphatic rings. The Morgan fingerprint density at radius 3 is 2.82 bits per heavy atom. The standard InChI is InChI=1S/C14H15F3N4O/c1-10(11-3-2-4-12(7-11)14(15,16)17)20-13(22)5-6-21-9-18-8-19-21/h2-4,7-10H,5-6H2,1H3,(H,20,22)/t10-/m0/s1. The fourth-order valence-electron chi connectivity index (χ4n) is 1.95. The zero-order valence-electron chi connectivity index (χ0n) is 11.8. The van der Waals surface area contributed by atoms with E-state index in [9.17, 15) is 18.0 Å². The van der Waals surface area contributed by atoms with Crippen molar-refractivity contribution in [1.29, 1.82) is 0 Å². The lowest BCUT2D eigenvalue weighted by Gasteiger charge is -2.16. The van der Waals surface area contributed by atoms with Crippen molar-refractivity contribution in [3.63, 3.8) is 0 Å². The van der Waals surface area contributed by atoms with Crippen molar-refractivity contribution in [2.45, 2.75) is 32.1 Å². The minimum atomic E-state index is -4.40. The van der Waals surface area contributed by atoms with Gasteiger partial charge in [0, 0.05) is 6.42 Å². The summed E-state index contributed by atoms with van der Waals surface area (Å²) in [7, 11) is 0. The van der Waals surface area contributed by atoms with E-state index in [1.165, 1.54) is 23.4 Å². The third kappa shape index (κ3) is 4.31. The van der Waals surface area contributed by atoms with Crippen LogP contribution in [0.4, 0.5) is 13.2 Å². The number of halogens is 3. The first-order valence-corrected chi connectivity index (χ1v) is 6.65. The number of aryl methyl sites for hydroxylation is 1. The number of nitrogens with one attached hydrogen (secondary N) is 1. The van der Waals surface area contributed by atoms with Gasteiger partial charge >= 0.3 is 6.18 Å². The number of hydrogen-bond donors (Lipinski definition) is 1. The van der Waals surface area contributed by atoms with E-state index in [0.29, 0.717) is 12.1 Å². The predicted molar refractivity (Wildman–Crippen MR) is 72.6 cm³/mol. The van der Waals surface area contributed by atoms with Gasteiger partial charge in [-0.3, -0.25) is 9.48 Å². The molecule has 8 heteroatoms. The molecule has 0 saturated heterocycles. The number of hydrogen-bond acceptors (Lipinski definition) is 3. The van der Waals surface area contributed by atoms with E-state index in [1.807, 2.05) is 0 Å². The molecular formula is C14H15F3N4O. The van der Waals surface area contributed by atoms with Gasteiger partial charge in [-0.25, -0.2) is 4.98 Å². The van der Waals surface area contributed by atoms with E-state index in [1.54, 1.807) is 13.0 Å². The van der Waals surface area contributed by atoms with Crippen LogP contribution in [0.25, 0.3) is 0 Å². The molecule has 2 aromatic rings.